The number of alkyl halides is 1. The van der Waals surface area contributed by atoms with Gasteiger partial charge < -0.3 is 9.64 Å². The maximum absolute atomic E-state index is 13.3. The van der Waals surface area contributed by atoms with Gasteiger partial charge >= 0.3 is 0 Å². The lowest BCUT2D eigenvalue weighted by molar-refractivity contribution is -0.186. The number of nitrogens with zero attached hydrogens (tertiary/aromatic N) is 2. The molecule has 2 aliphatic heterocycles. The van der Waals surface area contributed by atoms with Crippen LogP contribution in [0.5, 0.6) is 0 Å². The van der Waals surface area contributed by atoms with Crippen LogP contribution >= 0.6 is 15.9 Å². The maximum atomic E-state index is 13.3. The highest BCUT2D eigenvalue weighted by Crippen LogP contribution is 2.55. The smallest absolute Gasteiger partial charge is 0.253 e. The average Bonchev–Trinajstić information content (AvgIpc) is 3.70. The fourth-order valence-electron chi connectivity index (χ4n) is 5.69. The molecule has 2 saturated carbocycles. The number of amides is 1. The van der Waals surface area contributed by atoms with E-state index in [1.165, 1.54) is 5.56 Å². The minimum atomic E-state index is -0.595. The molecule has 2 heterocycles. The summed E-state index contributed by atoms with van der Waals surface area (Å²) < 4.78 is 20.4. The second-order valence-corrected chi connectivity index (χ2v) is 11.4. The topological polar surface area (TPSA) is 53.3 Å². The van der Waals surface area contributed by atoms with E-state index < -0.39 is 6.67 Å². The van der Waals surface area contributed by atoms with Gasteiger partial charge in [0.25, 0.3) is 5.91 Å². The predicted octanol–water partition coefficient (Wildman–Crippen LogP) is 6.74. The van der Waals surface area contributed by atoms with E-state index in [4.69, 9.17) is 4.74 Å². The summed E-state index contributed by atoms with van der Waals surface area (Å²) in [5, 5.41) is 9.50. The zero-order valence-corrected chi connectivity index (χ0v) is 21.4. The minimum Gasteiger partial charge on any atom is -0.370 e. The summed E-state index contributed by atoms with van der Waals surface area (Å²) in [6.45, 7) is 4.36. The molecule has 182 valence electrons. The van der Waals surface area contributed by atoms with E-state index in [9.17, 15) is 14.4 Å². The van der Waals surface area contributed by atoms with Crippen molar-refractivity contribution < 1.29 is 13.9 Å². The van der Waals surface area contributed by atoms with Crippen LogP contribution in [0.2, 0.25) is 0 Å². The molecule has 2 aliphatic carbocycles. The van der Waals surface area contributed by atoms with Gasteiger partial charge in [0.15, 0.2) is 0 Å². The number of rotatable bonds is 8. The first-order valence-electron chi connectivity index (χ1n) is 12.3. The molecule has 4 aliphatic rings. The molecular weight excluding hydrogens is 507 g/mol. The Morgan fingerprint density at radius 2 is 1.77 bits per heavy atom. The Labute approximate surface area is 214 Å². The van der Waals surface area contributed by atoms with Crippen LogP contribution in [-0.2, 0) is 20.5 Å². The number of benzene rings is 2. The molecule has 4 nitrogen and oxygen atoms in total. The van der Waals surface area contributed by atoms with E-state index >= 15 is 0 Å². The predicted molar refractivity (Wildman–Crippen MR) is 138 cm³/mol. The second-order valence-electron chi connectivity index (χ2n) is 10.5. The molecule has 0 aromatic heterocycles. The summed E-state index contributed by atoms with van der Waals surface area (Å²) in [7, 11) is 0. The molecule has 2 aromatic rings. The van der Waals surface area contributed by atoms with Crippen LogP contribution < -0.4 is 4.90 Å². The lowest BCUT2D eigenvalue weighted by Crippen LogP contribution is -2.54. The van der Waals surface area contributed by atoms with Gasteiger partial charge in [-0.15, -0.1) is 0 Å². The van der Waals surface area contributed by atoms with Crippen molar-refractivity contribution in [3.05, 3.63) is 76.3 Å². The van der Waals surface area contributed by atoms with Crippen molar-refractivity contribution in [3.8, 4) is 6.07 Å². The highest BCUT2D eigenvalue weighted by atomic mass is 79.9. The van der Waals surface area contributed by atoms with E-state index in [0.29, 0.717) is 13.2 Å². The third kappa shape index (κ3) is 4.45. The standard InChI is InChI=1S/C29H30BrFN2O2/c1-21(9-16-31)26(34)33(25-4-2-3-24(30)17-25)19-27-10-14-29(15-11-27,35-20-27)23-7-5-22(6-8-23)28(18-32)12-13-28/h2-8,17H,1,9-16,19-20H2. The van der Waals surface area contributed by atoms with Gasteiger partial charge in [-0.2, -0.15) is 5.26 Å². The van der Waals surface area contributed by atoms with Crippen LogP contribution in [0.1, 0.15) is 56.1 Å². The molecule has 35 heavy (non-hydrogen) atoms. The molecular formula is C29H30BrFN2O2. The first-order chi connectivity index (χ1) is 16.8. The van der Waals surface area contributed by atoms with Gasteiger partial charge in [0.05, 0.1) is 30.4 Å². The molecule has 4 fully saturated rings. The SMILES string of the molecule is C=C(CCF)C(=O)N(CC12CCC(c3ccc(C4(C#N)CC4)cc3)(CC1)OC2)c1cccc(Br)c1. The number of halogens is 2. The molecule has 2 aromatic carbocycles. The van der Waals surface area contributed by atoms with Crippen molar-refractivity contribution in [2.75, 3.05) is 24.7 Å². The lowest BCUT2D eigenvalue weighted by atomic mass is 9.64. The molecule has 2 saturated heterocycles. The number of carbonyl (C=O) groups excluding carboxylic acids is 1. The van der Waals surface area contributed by atoms with Gasteiger partial charge in [-0.25, -0.2) is 0 Å². The summed E-state index contributed by atoms with van der Waals surface area (Å²) >= 11 is 3.51. The highest BCUT2D eigenvalue weighted by Gasteiger charge is 2.52. The van der Waals surface area contributed by atoms with Crippen molar-refractivity contribution in [3.63, 3.8) is 0 Å². The first kappa shape index (κ1) is 24.2. The van der Waals surface area contributed by atoms with Crippen molar-refractivity contribution >= 4 is 27.5 Å². The van der Waals surface area contributed by atoms with Crippen LogP contribution in [0.4, 0.5) is 10.1 Å². The summed E-state index contributed by atoms with van der Waals surface area (Å²) in [5.74, 6) is -0.223. The van der Waals surface area contributed by atoms with Crippen LogP contribution in [0.25, 0.3) is 0 Å². The molecule has 2 bridgehead atoms. The van der Waals surface area contributed by atoms with Crippen LogP contribution in [0, 0.1) is 16.7 Å². The lowest BCUT2D eigenvalue weighted by Gasteiger charge is -2.54. The molecule has 0 atom stereocenters. The van der Waals surface area contributed by atoms with E-state index in [2.05, 4.69) is 52.8 Å². The third-order valence-corrected chi connectivity index (χ3v) is 8.75. The van der Waals surface area contributed by atoms with Gasteiger partial charge in [-0.1, -0.05) is 52.8 Å². The fraction of sp³-hybridized carbons (Fsp3) is 0.448. The summed E-state index contributed by atoms with van der Waals surface area (Å²) in [6, 6.07) is 18.6. The summed E-state index contributed by atoms with van der Waals surface area (Å²) in [5.41, 5.74) is 2.64. The van der Waals surface area contributed by atoms with E-state index in [1.54, 1.807) is 4.90 Å². The Kier molecular flexibility index (Phi) is 6.35. The molecule has 0 unspecified atom stereocenters. The number of fused-ring (bicyclic) bond motifs is 3. The number of ether oxygens (including phenoxy) is 1. The van der Waals surface area contributed by atoms with E-state index in [1.807, 2.05) is 24.3 Å². The molecule has 0 N–H and O–H groups in total. The van der Waals surface area contributed by atoms with Crippen molar-refractivity contribution in [2.24, 2.45) is 5.41 Å². The summed E-state index contributed by atoms with van der Waals surface area (Å²) in [4.78, 5) is 15.1. The Balaban J connectivity index is 1.34. The number of carbonyl (C=O) groups is 1. The van der Waals surface area contributed by atoms with Crippen molar-refractivity contribution in [2.45, 2.75) is 56.0 Å². The quantitative estimate of drug-likeness (QED) is 0.351. The maximum Gasteiger partial charge on any atom is 0.253 e. The van der Waals surface area contributed by atoms with E-state index in [0.717, 1.165) is 54.2 Å². The van der Waals surface area contributed by atoms with Gasteiger partial charge in [0.2, 0.25) is 0 Å². The molecule has 6 rings (SSSR count). The molecule has 1 amide bonds. The minimum absolute atomic E-state index is 0.0407. The molecule has 0 spiro atoms. The Morgan fingerprint density at radius 3 is 2.31 bits per heavy atom. The van der Waals surface area contributed by atoms with Gasteiger partial charge in [0, 0.05) is 34.1 Å². The Morgan fingerprint density at radius 1 is 1.09 bits per heavy atom. The largest absolute Gasteiger partial charge is 0.370 e. The fourth-order valence-corrected chi connectivity index (χ4v) is 6.08. The number of nitriles is 1. The van der Waals surface area contributed by atoms with Gasteiger partial charge in [-0.05, 0) is 67.9 Å². The Hall–Kier alpha value is -2.49. The number of anilines is 1. The third-order valence-electron chi connectivity index (χ3n) is 8.26. The zero-order valence-electron chi connectivity index (χ0n) is 19.9. The van der Waals surface area contributed by atoms with Gasteiger partial charge in [0.1, 0.15) is 0 Å². The van der Waals surface area contributed by atoms with E-state index in [-0.39, 0.29) is 34.3 Å². The molecule has 0 radical (unpaired) electrons. The Bertz CT molecular complexity index is 1160. The van der Waals surface area contributed by atoms with Crippen LogP contribution in [-0.4, -0.2) is 25.7 Å². The number of hydrogen-bond acceptors (Lipinski definition) is 3. The second kappa shape index (κ2) is 9.19. The monoisotopic (exact) mass is 536 g/mol. The summed E-state index contributed by atoms with van der Waals surface area (Å²) in [6.07, 6.45) is 5.60. The van der Waals surface area contributed by atoms with Crippen LogP contribution in [0.15, 0.2) is 65.2 Å². The van der Waals surface area contributed by atoms with Gasteiger partial charge in [-0.3, -0.25) is 9.18 Å². The van der Waals surface area contributed by atoms with Crippen molar-refractivity contribution in [1.82, 2.24) is 0 Å². The van der Waals surface area contributed by atoms with Crippen LogP contribution in [0.3, 0.4) is 0 Å². The first-order valence-corrected chi connectivity index (χ1v) is 13.1. The highest BCUT2D eigenvalue weighted by molar-refractivity contribution is 9.10. The average molecular weight is 537 g/mol. The van der Waals surface area contributed by atoms with Crippen molar-refractivity contribution in [1.29, 1.82) is 5.26 Å². The normalized spacial score (nSPS) is 26.1. The zero-order chi connectivity index (χ0) is 24.7. The molecule has 6 heteroatoms. The number of hydrogen-bond donors (Lipinski definition) is 0.